The maximum atomic E-state index is 11.9. The SMILES string of the molecule is CCC(C)(CN)N(C)C(=O)NC1CCC1. The van der Waals surface area contributed by atoms with Gasteiger partial charge in [0.25, 0.3) is 0 Å². The van der Waals surface area contributed by atoms with E-state index in [1.807, 2.05) is 14.0 Å². The van der Waals surface area contributed by atoms with Crippen LogP contribution in [0.1, 0.15) is 39.5 Å². The number of nitrogens with zero attached hydrogens (tertiary/aromatic N) is 1. The predicted molar refractivity (Wildman–Crippen MR) is 61.7 cm³/mol. The molecule has 1 fully saturated rings. The van der Waals surface area contributed by atoms with E-state index in [0.29, 0.717) is 12.6 Å². The van der Waals surface area contributed by atoms with Crippen molar-refractivity contribution in [3.05, 3.63) is 0 Å². The summed E-state index contributed by atoms with van der Waals surface area (Å²) < 4.78 is 0. The number of rotatable bonds is 4. The Balaban J connectivity index is 2.49. The minimum Gasteiger partial charge on any atom is -0.335 e. The number of carbonyl (C=O) groups excluding carboxylic acids is 1. The number of carbonyl (C=O) groups is 1. The van der Waals surface area contributed by atoms with Crippen LogP contribution in [0.5, 0.6) is 0 Å². The van der Waals surface area contributed by atoms with E-state index in [4.69, 9.17) is 5.73 Å². The highest BCUT2D eigenvalue weighted by molar-refractivity contribution is 5.75. The van der Waals surface area contributed by atoms with Crippen LogP contribution in [-0.2, 0) is 0 Å². The number of hydrogen-bond donors (Lipinski definition) is 2. The van der Waals surface area contributed by atoms with Gasteiger partial charge in [-0.25, -0.2) is 4.79 Å². The van der Waals surface area contributed by atoms with E-state index >= 15 is 0 Å². The quantitative estimate of drug-likeness (QED) is 0.739. The molecule has 4 heteroatoms. The van der Waals surface area contributed by atoms with Crippen molar-refractivity contribution in [1.82, 2.24) is 10.2 Å². The first-order chi connectivity index (χ1) is 7.03. The van der Waals surface area contributed by atoms with Crippen LogP contribution >= 0.6 is 0 Å². The number of nitrogens with one attached hydrogen (secondary N) is 1. The molecule has 1 saturated carbocycles. The van der Waals surface area contributed by atoms with Crippen LogP contribution in [0.4, 0.5) is 4.79 Å². The molecule has 1 unspecified atom stereocenters. The molecule has 0 bridgehead atoms. The average Bonchev–Trinajstić information content (AvgIpc) is 2.20. The molecule has 0 spiro atoms. The van der Waals surface area contributed by atoms with Crippen LogP contribution in [0.15, 0.2) is 0 Å². The molecule has 1 aliphatic rings. The molecule has 4 nitrogen and oxygen atoms in total. The molecule has 0 aromatic rings. The molecule has 2 amide bonds. The van der Waals surface area contributed by atoms with E-state index in [1.165, 1.54) is 6.42 Å². The third-order valence-corrected chi connectivity index (χ3v) is 3.75. The number of nitrogens with two attached hydrogens (primary N) is 1. The molecule has 0 aromatic heterocycles. The number of likely N-dealkylation sites (N-methyl/N-ethyl adjacent to an activating group) is 1. The molecule has 0 aromatic carbocycles. The van der Waals surface area contributed by atoms with Crippen LogP contribution in [0.2, 0.25) is 0 Å². The van der Waals surface area contributed by atoms with E-state index in [1.54, 1.807) is 4.90 Å². The van der Waals surface area contributed by atoms with Gasteiger partial charge in [0.05, 0.1) is 5.54 Å². The van der Waals surface area contributed by atoms with E-state index in [-0.39, 0.29) is 11.6 Å². The minimum atomic E-state index is -0.228. The van der Waals surface area contributed by atoms with Gasteiger partial charge in [0.15, 0.2) is 0 Å². The fraction of sp³-hybridized carbons (Fsp3) is 0.909. The highest BCUT2D eigenvalue weighted by atomic mass is 16.2. The van der Waals surface area contributed by atoms with Gasteiger partial charge >= 0.3 is 6.03 Å². The summed E-state index contributed by atoms with van der Waals surface area (Å²) in [5, 5.41) is 3.02. The van der Waals surface area contributed by atoms with Crippen molar-refractivity contribution >= 4 is 6.03 Å². The summed E-state index contributed by atoms with van der Waals surface area (Å²) in [5.74, 6) is 0. The van der Waals surface area contributed by atoms with Crippen molar-refractivity contribution < 1.29 is 4.79 Å². The monoisotopic (exact) mass is 213 g/mol. The van der Waals surface area contributed by atoms with Crippen molar-refractivity contribution in [2.24, 2.45) is 5.73 Å². The average molecular weight is 213 g/mol. The molecule has 0 saturated heterocycles. The van der Waals surface area contributed by atoms with Gasteiger partial charge in [0.2, 0.25) is 0 Å². The molecule has 0 heterocycles. The summed E-state index contributed by atoms with van der Waals surface area (Å²) in [5.41, 5.74) is 5.48. The van der Waals surface area contributed by atoms with Crippen LogP contribution < -0.4 is 11.1 Å². The lowest BCUT2D eigenvalue weighted by molar-refractivity contribution is 0.139. The van der Waals surface area contributed by atoms with E-state index in [2.05, 4.69) is 12.2 Å². The highest BCUT2D eigenvalue weighted by Gasteiger charge is 2.31. The Morgan fingerprint density at radius 1 is 1.60 bits per heavy atom. The fourth-order valence-electron chi connectivity index (χ4n) is 1.59. The first kappa shape index (κ1) is 12.3. The first-order valence-corrected chi connectivity index (χ1v) is 5.78. The molecule has 1 rings (SSSR count). The molecule has 0 radical (unpaired) electrons. The van der Waals surface area contributed by atoms with Gasteiger partial charge < -0.3 is 16.0 Å². The summed E-state index contributed by atoms with van der Waals surface area (Å²) in [7, 11) is 1.82. The van der Waals surface area contributed by atoms with Crippen LogP contribution in [-0.4, -0.2) is 36.1 Å². The second-order valence-corrected chi connectivity index (χ2v) is 4.69. The van der Waals surface area contributed by atoms with Crippen molar-refractivity contribution in [2.75, 3.05) is 13.6 Å². The summed E-state index contributed by atoms with van der Waals surface area (Å²) >= 11 is 0. The van der Waals surface area contributed by atoms with E-state index in [0.717, 1.165) is 19.3 Å². The van der Waals surface area contributed by atoms with Crippen LogP contribution in [0, 0.1) is 0 Å². The maximum Gasteiger partial charge on any atom is 0.317 e. The largest absolute Gasteiger partial charge is 0.335 e. The van der Waals surface area contributed by atoms with Gasteiger partial charge in [-0.3, -0.25) is 0 Å². The van der Waals surface area contributed by atoms with E-state index < -0.39 is 0 Å². The lowest BCUT2D eigenvalue weighted by atomic mass is 9.93. The summed E-state index contributed by atoms with van der Waals surface area (Å²) in [6.07, 6.45) is 4.34. The molecular weight excluding hydrogens is 190 g/mol. The standard InChI is InChI=1S/C11H23N3O/c1-4-11(2,8-12)14(3)10(15)13-9-6-5-7-9/h9H,4-8,12H2,1-3H3,(H,13,15). The molecule has 3 N–H and O–H groups in total. The van der Waals surface area contributed by atoms with Crippen molar-refractivity contribution in [1.29, 1.82) is 0 Å². The molecule has 0 aliphatic heterocycles. The number of amides is 2. The number of hydrogen-bond acceptors (Lipinski definition) is 2. The molecular formula is C11H23N3O. The Kier molecular flexibility index (Phi) is 3.97. The molecule has 1 aliphatic carbocycles. The third kappa shape index (κ3) is 2.62. The van der Waals surface area contributed by atoms with Crippen molar-refractivity contribution in [2.45, 2.75) is 51.1 Å². The fourth-order valence-corrected chi connectivity index (χ4v) is 1.59. The third-order valence-electron chi connectivity index (χ3n) is 3.75. The predicted octanol–water partition coefficient (Wildman–Crippen LogP) is 1.31. The first-order valence-electron chi connectivity index (χ1n) is 5.78. The summed E-state index contributed by atoms with van der Waals surface area (Å²) in [6, 6.07) is 0.397. The lowest BCUT2D eigenvalue weighted by Gasteiger charge is -2.39. The Bertz CT molecular complexity index is 222. The summed E-state index contributed by atoms with van der Waals surface area (Å²) in [4.78, 5) is 13.6. The van der Waals surface area contributed by atoms with Gasteiger partial charge in [0, 0.05) is 19.6 Å². The second kappa shape index (κ2) is 4.84. The zero-order valence-electron chi connectivity index (χ0n) is 10.0. The normalized spacial score (nSPS) is 20.3. The van der Waals surface area contributed by atoms with Crippen molar-refractivity contribution in [3.63, 3.8) is 0 Å². The van der Waals surface area contributed by atoms with Gasteiger partial charge in [-0.1, -0.05) is 6.92 Å². The van der Waals surface area contributed by atoms with Crippen LogP contribution in [0.25, 0.3) is 0 Å². The van der Waals surface area contributed by atoms with Gasteiger partial charge in [-0.15, -0.1) is 0 Å². The number of urea groups is 1. The molecule has 15 heavy (non-hydrogen) atoms. The van der Waals surface area contributed by atoms with Gasteiger partial charge in [-0.2, -0.15) is 0 Å². The van der Waals surface area contributed by atoms with Crippen molar-refractivity contribution in [3.8, 4) is 0 Å². The zero-order chi connectivity index (χ0) is 11.5. The van der Waals surface area contributed by atoms with Gasteiger partial charge in [0.1, 0.15) is 0 Å². The second-order valence-electron chi connectivity index (χ2n) is 4.69. The van der Waals surface area contributed by atoms with Crippen LogP contribution in [0.3, 0.4) is 0 Å². The van der Waals surface area contributed by atoms with Gasteiger partial charge in [-0.05, 0) is 32.6 Å². The zero-order valence-corrected chi connectivity index (χ0v) is 10.0. The minimum absolute atomic E-state index is 0.00880. The maximum absolute atomic E-state index is 11.9. The Morgan fingerprint density at radius 3 is 2.53 bits per heavy atom. The topological polar surface area (TPSA) is 58.4 Å². The molecule has 1 atom stereocenters. The Morgan fingerprint density at radius 2 is 2.20 bits per heavy atom. The lowest BCUT2D eigenvalue weighted by Crippen LogP contribution is -2.57. The Labute approximate surface area is 92.2 Å². The Hall–Kier alpha value is -0.770. The summed E-state index contributed by atoms with van der Waals surface area (Å²) in [6.45, 7) is 4.57. The molecule has 88 valence electrons. The van der Waals surface area contributed by atoms with E-state index in [9.17, 15) is 4.79 Å². The highest BCUT2D eigenvalue weighted by Crippen LogP contribution is 2.20. The smallest absolute Gasteiger partial charge is 0.317 e.